The van der Waals surface area contributed by atoms with E-state index in [0.717, 1.165) is 11.3 Å². The van der Waals surface area contributed by atoms with Gasteiger partial charge < -0.3 is 15.4 Å². The van der Waals surface area contributed by atoms with Crippen LogP contribution < -0.4 is 15.4 Å². The first-order valence-electron chi connectivity index (χ1n) is 6.21. The van der Waals surface area contributed by atoms with Crippen LogP contribution in [0.4, 0.5) is 4.79 Å². The largest absolute Gasteiger partial charge is 0.473 e. The zero-order chi connectivity index (χ0) is 13.5. The van der Waals surface area contributed by atoms with Crippen molar-refractivity contribution in [2.24, 2.45) is 5.92 Å². The van der Waals surface area contributed by atoms with E-state index >= 15 is 0 Å². The number of aryl methyl sites for hydroxylation is 2. The smallest absolute Gasteiger partial charge is 0.317 e. The molecule has 0 radical (unpaired) electrons. The van der Waals surface area contributed by atoms with Crippen LogP contribution in [0, 0.1) is 19.8 Å². The predicted octanol–water partition coefficient (Wildman–Crippen LogP) is 2.59. The molecule has 4 nitrogen and oxygen atoms in total. The first kappa shape index (κ1) is 14.4. The minimum atomic E-state index is -0.200. The molecule has 0 spiro atoms. The molecule has 0 aliphatic carbocycles. The molecular weight excluding hydrogens is 228 g/mol. The van der Waals surface area contributed by atoms with Gasteiger partial charge in [0.15, 0.2) is 6.73 Å². The molecule has 0 saturated carbocycles. The number of carbonyl (C=O) groups is 1. The standard InChI is InChI=1S/C14H22N2O2/c1-10(2)8-15-14(17)16-9-18-13-6-5-11(3)7-12(13)4/h5-7,10H,8-9H2,1-4H3,(H2,15,16,17). The van der Waals surface area contributed by atoms with Crippen LogP contribution in [-0.4, -0.2) is 19.3 Å². The second-order valence-electron chi connectivity index (χ2n) is 4.84. The molecule has 2 amide bonds. The van der Waals surface area contributed by atoms with Crippen molar-refractivity contribution in [1.29, 1.82) is 0 Å². The number of carbonyl (C=O) groups excluding carboxylic acids is 1. The molecule has 0 saturated heterocycles. The van der Waals surface area contributed by atoms with Crippen molar-refractivity contribution < 1.29 is 9.53 Å². The Balaban J connectivity index is 2.31. The highest BCUT2D eigenvalue weighted by atomic mass is 16.5. The highest BCUT2D eigenvalue weighted by molar-refractivity contribution is 5.73. The fourth-order valence-corrected chi connectivity index (χ4v) is 1.50. The van der Waals surface area contributed by atoms with Crippen LogP contribution in [0.15, 0.2) is 18.2 Å². The summed E-state index contributed by atoms with van der Waals surface area (Å²) in [5, 5.41) is 5.42. The molecule has 4 heteroatoms. The van der Waals surface area contributed by atoms with Gasteiger partial charge in [-0.05, 0) is 31.4 Å². The quantitative estimate of drug-likeness (QED) is 0.789. The summed E-state index contributed by atoms with van der Waals surface area (Å²) < 4.78 is 5.50. The molecule has 0 aliphatic heterocycles. The summed E-state index contributed by atoms with van der Waals surface area (Å²) in [6.07, 6.45) is 0. The first-order chi connectivity index (χ1) is 8.49. The van der Waals surface area contributed by atoms with Crippen LogP contribution in [-0.2, 0) is 0 Å². The van der Waals surface area contributed by atoms with Gasteiger partial charge in [-0.15, -0.1) is 0 Å². The van der Waals surface area contributed by atoms with E-state index in [9.17, 15) is 4.79 Å². The van der Waals surface area contributed by atoms with Gasteiger partial charge in [0.25, 0.3) is 0 Å². The number of rotatable bonds is 5. The Labute approximate surface area is 109 Å². The van der Waals surface area contributed by atoms with Crippen molar-refractivity contribution in [2.45, 2.75) is 27.7 Å². The lowest BCUT2D eigenvalue weighted by Crippen LogP contribution is -2.39. The monoisotopic (exact) mass is 250 g/mol. The molecule has 1 aromatic carbocycles. The molecule has 0 bridgehead atoms. The summed E-state index contributed by atoms with van der Waals surface area (Å²) in [6, 6.07) is 5.75. The predicted molar refractivity (Wildman–Crippen MR) is 72.8 cm³/mol. The zero-order valence-electron chi connectivity index (χ0n) is 11.5. The number of ether oxygens (including phenoxy) is 1. The summed E-state index contributed by atoms with van der Waals surface area (Å²) in [6.45, 7) is 8.96. The SMILES string of the molecule is Cc1ccc(OCNC(=O)NCC(C)C)c(C)c1. The number of hydrogen-bond donors (Lipinski definition) is 2. The van der Waals surface area contributed by atoms with Crippen LogP contribution in [0.3, 0.4) is 0 Å². The molecule has 0 aromatic heterocycles. The summed E-state index contributed by atoms with van der Waals surface area (Å²) >= 11 is 0. The lowest BCUT2D eigenvalue weighted by molar-refractivity contribution is 0.222. The molecule has 1 rings (SSSR count). The first-order valence-corrected chi connectivity index (χ1v) is 6.21. The molecular formula is C14H22N2O2. The zero-order valence-corrected chi connectivity index (χ0v) is 11.5. The molecule has 1 aromatic rings. The van der Waals surface area contributed by atoms with Crippen LogP contribution in [0.2, 0.25) is 0 Å². The number of hydrogen-bond acceptors (Lipinski definition) is 2. The van der Waals surface area contributed by atoms with Gasteiger partial charge in [-0.2, -0.15) is 0 Å². The summed E-state index contributed by atoms with van der Waals surface area (Å²) in [7, 11) is 0. The van der Waals surface area contributed by atoms with Crippen molar-refractivity contribution in [3.05, 3.63) is 29.3 Å². The summed E-state index contributed by atoms with van der Waals surface area (Å²) in [5.41, 5.74) is 2.27. The highest BCUT2D eigenvalue weighted by Gasteiger charge is 2.02. The molecule has 0 atom stereocenters. The van der Waals surface area contributed by atoms with E-state index in [-0.39, 0.29) is 12.8 Å². The van der Waals surface area contributed by atoms with Gasteiger partial charge in [-0.1, -0.05) is 31.5 Å². The van der Waals surface area contributed by atoms with E-state index in [1.54, 1.807) is 0 Å². The fraction of sp³-hybridized carbons (Fsp3) is 0.500. The van der Waals surface area contributed by atoms with Crippen LogP contribution in [0.5, 0.6) is 5.75 Å². The highest BCUT2D eigenvalue weighted by Crippen LogP contribution is 2.18. The van der Waals surface area contributed by atoms with E-state index in [0.29, 0.717) is 12.5 Å². The number of urea groups is 1. The van der Waals surface area contributed by atoms with Gasteiger partial charge >= 0.3 is 6.03 Å². The summed E-state index contributed by atoms with van der Waals surface area (Å²) in [5.74, 6) is 1.24. The van der Waals surface area contributed by atoms with Gasteiger partial charge in [0.2, 0.25) is 0 Å². The lowest BCUT2D eigenvalue weighted by atomic mass is 10.1. The van der Waals surface area contributed by atoms with Crippen LogP contribution >= 0.6 is 0 Å². The van der Waals surface area contributed by atoms with Crippen molar-refractivity contribution in [2.75, 3.05) is 13.3 Å². The Morgan fingerprint density at radius 3 is 2.61 bits per heavy atom. The van der Waals surface area contributed by atoms with Gasteiger partial charge in [0.1, 0.15) is 5.75 Å². The topological polar surface area (TPSA) is 50.4 Å². The third kappa shape index (κ3) is 5.08. The minimum absolute atomic E-state index is 0.174. The third-order valence-electron chi connectivity index (χ3n) is 2.46. The molecule has 100 valence electrons. The van der Waals surface area contributed by atoms with E-state index in [2.05, 4.69) is 10.6 Å². The molecule has 0 aliphatic rings. The van der Waals surface area contributed by atoms with Crippen molar-refractivity contribution in [3.63, 3.8) is 0 Å². The van der Waals surface area contributed by atoms with E-state index < -0.39 is 0 Å². The molecule has 0 unspecified atom stereocenters. The number of amides is 2. The molecule has 0 fully saturated rings. The Hall–Kier alpha value is -1.71. The van der Waals surface area contributed by atoms with Crippen LogP contribution in [0.25, 0.3) is 0 Å². The number of benzene rings is 1. The maximum absolute atomic E-state index is 11.4. The molecule has 0 heterocycles. The normalized spacial score (nSPS) is 10.3. The van der Waals surface area contributed by atoms with E-state index in [4.69, 9.17) is 4.74 Å². The average Bonchev–Trinajstić information content (AvgIpc) is 2.29. The Bertz CT molecular complexity index is 403. The summed E-state index contributed by atoms with van der Waals surface area (Å²) in [4.78, 5) is 11.4. The van der Waals surface area contributed by atoms with Gasteiger partial charge in [-0.3, -0.25) is 0 Å². The van der Waals surface area contributed by atoms with E-state index in [1.807, 2.05) is 45.9 Å². The fourth-order valence-electron chi connectivity index (χ4n) is 1.50. The minimum Gasteiger partial charge on any atom is -0.473 e. The van der Waals surface area contributed by atoms with Crippen LogP contribution in [0.1, 0.15) is 25.0 Å². The lowest BCUT2D eigenvalue weighted by Gasteiger charge is -2.12. The third-order valence-corrected chi connectivity index (χ3v) is 2.46. The second-order valence-corrected chi connectivity index (χ2v) is 4.84. The number of nitrogens with one attached hydrogen (secondary N) is 2. The van der Waals surface area contributed by atoms with E-state index in [1.165, 1.54) is 5.56 Å². The average molecular weight is 250 g/mol. The Morgan fingerprint density at radius 2 is 2.00 bits per heavy atom. The van der Waals surface area contributed by atoms with Crippen molar-refractivity contribution in [3.8, 4) is 5.75 Å². The maximum atomic E-state index is 11.4. The Morgan fingerprint density at radius 1 is 1.28 bits per heavy atom. The Kier molecular flexibility index (Phi) is 5.49. The van der Waals surface area contributed by atoms with Gasteiger partial charge in [0, 0.05) is 6.54 Å². The second kappa shape index (κ2) is 6.89. The van der Waals surface area contributed by atoms with Gasteiger partial charge in [-0.25, -0.2) is 4.79 Å². The molecule has 18 heavy (non-hydrogen) atoms. The maximum Gasteiger partial charge on any atom is 0.317 e. The molecule has 2 N–H and O–H groups in total. The van der Waals surface area contributed by atoms with Crippen molar-refractivity contribution >= 4 is 6.03 Å². The van der Waals surface area contributed by atoms with Gasteiger partial charge in [0.05, 0.1) is 0 Å². The van der Waals surface area contributed by atoms with Crippen molar-refractivity contribution in [1.82, 2.24) is 10.6 Å².